The molecular formula is C14H18ClN3OS. The molecule has 2 fully saturated rings. The maximum absolute atomic E-state index is 12.7. The predicted molar refractivity (Wildman–Crippen MR) is 83.5 cm³/mol. The van der Waals surface area contributed by atoms with Crippen molar-refractivity contribution in [1.82, 2.24) is 9.88 Å². The van der Waals surface area contributed by atoms with Crippen molar-refractivity contribution in [3.63, 3.8) is 0 Å². The highest BCUT2D eigenvalue weighted by Crippen LogP contribution is 2.26. The van der Waals surface area contributed by atoms with Crippen molar-refractivity contribution in [2.75, 3.05) is 36.0 Å². The standard InChI is InChI=1S/C14H18ClN3OS/c15-11-3-4-13(16-10-11)18-5-1-2-12(18)14(19)17-6-8-20-9-7-17/h3-4,10,12H,1-2,5-9H2/t12-/m1/s1. The molecule has 4 nitrogen and oxygen atoms in total. The Morgan fingerprint density at radius 3 is 2.80 bits per heavy atom. The average molecular weight is 312 g/mol. The van der Waals surface area contributed by atoms with Crippen molar-refractivity contribution in [2.24, 2.45) is 0 Å². The second-order valence-corrected chi connectivity index (χ2v) is 6.78. The fraction of sp³-hybridized carbons (Fsp3) is 0.571. The van der Waals surface area contributed by atoms with E-state index in [1.54, 1.807) is 6.20 Å². The third-order valence-electron chi connectivity index (χ3n) is 3.87. The van der Waals surface area contributed by atoms with E-state index in [9.17, 15) is 4.79 Å². The Morgan fingerprint density at radius 2 is 2.10 bits per heavy atom. The van der Waals surface area contributed by atoms with E-state index in [4.69, 9.17) is 11.6 Å². The molecule has 1 amide bonds. The Bertz CT molecular complexity index is 476. The van der Waals surface area contributed by atoms with Crippen LogP contribution < -0.4 is 4.90 Å². The normalized spacial score (nSPS) is 23.1. The molecule has 1 atom stereocenters. The van der Waals surface area contributed by atoms with Gasteiger partial charge in [-0.2, -0.15) is 11.8 Å². The first-order chi connectivity index (χ1) is 9.75. The van der Waals surface area contributed by atoms with E-state index < -0.39 is 0 Å². The van der Waals surface area contributed by atoms with Gasteiger partial charge >= 0.3 is 0 Å². The zero-order chi connectivity index (χ0) is 13.9. The highest BCUT2D eigenvalue weighted by molar-refractivity contribution is 7.99. The van der Waals surface area contributed by atoms with E-state index in [2.05, 4.69) is 9.88 Å². The molecular weight excluding hydrogens is 294 g/mol. The number of hydrogen-bond acceptors (Lipinski definition) is 4. The number of amides is 1. The lowest BCUT2D eigenvalue weighted by atomic mass is 10.2. The average Bonchev–Trinajstić information content (AvgIpc) is 2.97. The molecule has 0 saturated carbocycles. The first kappa shape index (κ1) is 14.0. The molecule has 2 aliphatic heterocycles. The molecule has 2 aliphatic rings. The van der Waals surface area contributed by atoms with Crippen LogP contribution in [0.4, 0.5) is 5.82 Å². The van der Waals surface area contributed by atoms with Crippen LogP contribution in [-0.2, 0) is 4.79 Å². The van der Waals surface area contributed by atoms with Crippen LogP contribution in [0, 0.1) is 0 Å². The van der Waals surface area contributed by atoms with Crippen molar-refractivity contribution in [1.29, 1.82) is 0 Å². The summed E-state index contributed by atoms with van der Waals surface area (Å²) in [6.45, 7) is 2.65. The number of halogens is 1. The van der Waals surface area contributed by atoms with Crippen molar-refractivity contribution in [2.45, 2.75) is 18.9 Å². The van der Waals surface area contributed by atoms with E-state index in [0.29, 0.717) is 5.02 Å². The van der Waals surface area contributed by atoms with Gasteiger partial charge in [0.2, 0.25) is 5.91 Å². The molecule has 0 radical (unpaired) electrons. The number of nitrogens with zero attached hydrogens (tertiary/aromatic N) is 3. The highest BCUT2D eigenvalue weighted by Gasteiger charge is 2.34. The van der Waals surface area contributed by atoms with Crippen molar-refractivity contribution in [3.8, 4) is 0 Å². The Hall–Kier alpha value is -0.940. The van der Waals surface area contributed by atoms with Gasteiger partial charge in [-0.3, -0.25) is 4.79 Å². The molecule has 3 rings (SSSR count). The molecule has 1 aromatic heterocycles. The van der Waals surface area contributed by atoms with Crippen LogP contribution >= 0.6 is 23.4 Å². The van der Waals surface area contributed by atoms with E-state index >= 15 is 0 Å². The first-order valence-corrected chi connectivity index (χ1v) is 8.54. The predicted octanol–water partition coefficient (Wildman–Crippen LogP) is 2.28. The number of rotatable bonds is 2. The van der Waals surface area contributed by atoms with E-state index in [0.717, 1.165) is 49.8 Å². The molecule has 108 valence electrons. The van der Waals surface area contributed by atoms with Gasteiger partial charge in [0, 0.05) is 37.3 Å². The summed E-state index contributed by atoms with van der Waals surface area (Å²) < 4.78 is 0. The van der Waals surface area contributed by atoms with Gasteiger partial charge in [0.05, 0.1) is 5.02 Å². The van der Waals surface area contributed by atoms with Gasteiger partial charge in [0.1, 0.15) is 11.9 Å². The first-order valence-electron chi connectivity index (χ1n) is 7.00. The zero-order valence-electron chi connectivity index (χ0n) is 11.3. The monoisotopic (exact) mass is 311 g/mol. The summed E-state index contributed by atoms with van der Waals surface area (Å²) >= 11 is 7.80. The van der Waals surface area contributed by atoms with E-state index in [1.807, 2.05) is 28.8 Å². The molecule has 0 aliphatic carbocycles. The zero-order valence-corrected chi connectivity index (χ0v) is 12.9. The van der Waals surface area contributed by atoms with Crippen LogP contribution in [-0.4, -0.2) is 53.0 Å². The van der Waals surface area contributed by atoms with E-state index in [1.165, 1.54) is 0 Å². The number of carbonyl (C=O) groups is 1. The SMILES string of the molecule is O=C([C@H]1CCCN1c1ccc(Cl)cn1)N1CCSCC1. The van der Waals surface area contributed by atoms with Gasteiger partial charge in [0.25, 0.3) is 0 Å². The minimum atomic E-state index is -0.0493. The maximum atomic E-state index is 12.7. The van der Waals surface area contributed by atoms with Gasteiger partial charge in [0.15, 0.2) is 0 Å². The number of carbonyl (C=O) groups excluding carboxylic acids is 1. The molecule has 0 N–H and O–H groups in total. The summed E-state index contributed by atoms with van der Waals surface area (Å²) in [5.41, 5.74) is 0. The summed E-state index contributed by atoms with van der Waals surface area (Å²) in [5, 5.41) is 0.629. The lowest BCUT2D eigenvalue weighted by Crippen LogP contribution is -2.48. The molecule has 1 aromatic rings. The number of hydrogen-bond donors (Lipinski definition) is 0. The van der Waals surface area contributed by atoms with Crippen LogP contribution in [0.5, 0.6) is 0 Å². The summed E-state index contributed by atoms with van der Waals surface area (Å²) in [6, 6.07) is 3.69. The lowest BCUT2D eigenvalue weighted by molar-refractivity contribution is -0.132. The van der Waals surface area contributed by atoms with Crippen molar-refractivity contribution >= 4 is 35.1 Å². The summed E-state index contributed by atoms with van der Waals surface area (Å²) in [7, 11) is 0. The Morgan fingerprint density at radius 1 is 1.30 bits per heavy atom. The largest absolute Gasteiger partial charge is 0.345 e. The number of aromatic nitrogens is 1. The second-order valence-electron chi connectivity index (χ2n) is 5.12. The molecule has 6 heteroatoms. The Kier molecular flexibility index (Phi) is 4.36. The number of thioether (sulfide) groups is 1. The Balaban J connectivity index is 1.74. The lowest BCUT2D eigenvalue weighted by Gasteiger charge is -2.32. The van der Waals surface area contributed by atoms with Crippen LogP contribution in [0.25, 0.3) is 0 Å². The van der Waals surface area contributed by atoms with Gasteiger partial charge in [-0.05, 0) is 25.0 Å². The Labute approximate surface area is 128 Å². The van der Waals surface area contributed by atoms with Crippen molar-refractivity contribution in [3.05, 3.63) is 23.4 Å². The molecule has 0 unspecified atom stereocenters. The summed E-state index contributed by atoms with van der Waals surface area (Å²) in [4.78, 5) is 21.2. The number of anilines is 1. The maximum Gasteiger partial charge on any atom is 0.245 e. The molecule has 2 saturated heterocycles. The van der Waals surface area contributed by atoms with Crippen LogP contribution in [0.3, 0.4) is 0 Å². The fourth-order valence-electron chi connectivity index (χ4n) is 2.83. The molecule has 0 aromatic carbocycles. The van der Waals surface area contributed by atoms with E-state index in [-0.39, 0.29) is 11.9 Å². The topological polar surface area (TPSA) is 36.4 Å². The highest BCUT2D eigenvalue weighted by atomic mass is 35.5. The van der Waals surface area contributed by atoms with Gasteiger partial charge < -0.3 is 9.80 Å². The second kappa shape index (κ2) is 6.22. The summed E-state index contributed by atoms with van der Waals surface area (Å²) in [6.07, 6.45) is 3.62. The van der Waals surface area contributed by atoms with Gasteiger partial charge in [-0.1, -0.05) is 11.6 Å². The number of pyridine rings is 1. The third-order valence-corrected chi connectivity index (χ3v) is 5.03. The molecule has 20 heavy (non-hydrogen) atoms. The molecule has 3 heterocycles. The smallest absolute Gasteiger partial charge is 0.245 e. The fourth-order valence-corrected chi connectivity index (χ4v) is 3.84. The third kappa shape index (κ3) is 2.88. The van der Waals surface area contributed by atoms with Gasteiger partial charge in [-0.25, -0.2) is 4.98 Å². The van der Waals surface area contributed by atoms with Crippen molar-refractivity contribution < 1.29 is 4.79 Å². The minimum Gasteiger partial charge on any atom is -0.345 e. The summed E-state index contributed by atoms with van der Waals surface area (Å²) in [5.74, 6) is 3.23. The van der Waals surface area contributed by atoms with Crippen LogP contribution in [0.1, 0.15) is 12.8 Å². The van der Waals surface area contributed by atoms with Gasteiger partial charge in [-0.15, -0.1) is 0 Å². The molecule has 0 bridgehead atoms. The van der Waals surface area contributed by atoms with Crippen LogP contribution in [0.15, 0.2) is 18.3 Å². The minimum absolute atomic E-state index is 0.0493. The van der Waals surface area contributed by atoms with Crippen LogP contribution in [0.2, 0.25) is 5.02 Å². The quantitative estimate of drug-likeness (QED) is 0.839. The molecule has 0 spiro atoms.